The third-order valence-corrected chi connectivity index (χ3v) is 4.17. The van der Waals surface area contributed by atoms with E-state index < -0.39 is 5.97 Å². The molecule has 0 aromatic heterocycles. The average molecular weight is 289 g/mol. The molecule has 0 radical (unpaired) electrons. The number of carboxylic acids is 1. The monoisotopic (exact) mass is 289 g/mol. The molecule has 1 atom stereocenters. The Morgan fingerprint density at radius 1 is 1.33 bits per heavy atom. The maximum atomic E-state index is 12.2. The summed E-state index contributed by atoms with van der Waals surface area (Å²) in [6.07, 6.45) is 4.44. The highest BCUT2D eigenvalue weighted by Gasteiger charge is 2.28. The molecule has 1 saturated carbocycles. The lowest BCUT2D eigenvalue weighted by atomic mass is 9.75. The Morgan fingerprint density at radius 2 is 2.05 bits per heavy atom. The Balaban J connectivity index is 1.98. The molecule has 1 amide bonds. The van der Waals surface area contributed by atoms with Crippen molar-refractivity contribution in [1.82, 2.24) is 5.32 Å². The predicted molar refractivity (Wildman–Crippen MR) is 81.3 cm³/mol. The Bertz CT molecular complexity index is 537. The van der Waals surface area contributed by atoms with Crippen LogP contribution < -0.4 is 5.32 Å². The van der Waals surface area contributed by atoms with E-state index in [0.717, 1.165) is 19.3 Å². The predicted octanol–water partition coefficient (Wildman–Crippen LogP) is 3.01. The molecule has 0 heterocycles. The van der Waals surface area contributed by atoms with Crippen molar-refractivity contribution in [3.63, 3.8) is 0 Å². The summed E-state index contributed by atoms with van der Waals surface area (Å²) in [5.74, 6) is -1.08. The Labute approximate surface area is 125 Å². The Kier molecular flexibility index (Phi) is 4.66. The first-order valence-corrected chi connectivity index (χ1v) is 7.48. The van der Waals surface area contributed by atoms with Gasteiger partial charge in [0.2, 0.25) is 5.91 Å². The number of rotatable bonds is 4. The fraction of sp³-hybridized carbons (Fsp3) is 0.529. The van der Waals surface area contributed by atoms with Gasteiger partial charge in [-0.2, -0.15) is 0 Å². The quantitative estimate of drug-likeness (QED) is 0.895. The molecule has 0 spiro atoms. The molecule has 0 aliphatic heterocycles. The van der Waals surface area contributed by atoms with E-state index in [-0.39, 0.29) is 29.3 Å². The average Bonchev–Trinajstić information content (AvgIpc) is 2.37. The first-order chi connectivity index (χ1) is 9.87. The van der Waals surface area contributed by atoms with Gasteiger partial charge in [-0.25, -0.2) is 4.79 Å². The molecule has 4 heteroatoms. The van der Waals surface area contributed by atoms with Crippen LogP contribution in [0.25, 0.3) is 0 Å². The standard InChI is InChI=1S/C17H23NO3/c1-17(2)9-5-7-13(11-17)18-15(19)10-12-6-3-4-8-14(12)16(20)21/h3-4,6,8,13H,5,7,9-11H2,1-2H3,(H,18,19)(H,20,21). The minimum absolute atomic E-state index is 0.0913. The topological polar surface area (TPSA) is 66.4 Å². The summed E-state index contributed by atoms with van der Waals surface area (Å²) in [5, 5.41) is 12.2. The van der Waals surface area contributed by atoms with Crippen molar-refractivity contribution in [2.75, 3.05) is 0 Å². The zero-order valence-corrected chi connectivity index (χ0v) is 12.7. The van der Waals surface area contributed by atoms with Crippen LogP contribution in [0.3, 0.4) is 0 Å². The molecule has 1 aromatic rings. The second-order valence-corrected chi connectivity index (χ2v) is 6.66. The van der Waals surface area contributed by atoms with E-state index >= 15 is 0 Å². The highest BCUT2D eigenvalue weighted by molar-refractivity contribution is 5.91. The summed E-state index contributed by atoms with van der Waals surface area (Å²) < 4.78 is 0. The van der Waals surface area contributed by atoms with Crippen molar-refractivity contribution in [2.24, 2.45) is 5.41 Å². The first kappa shape index (κ1) is 15.5. The van der Waals surface area contributed by atoms with Crippen molar-refractivity contribution < 1.29 is 14.7 Å². The van der Waals surface area contributed by atoms with Gasteiger partial charge in [0.15, 0.2) is 0 Å². The maximum Gasteiger partial charge on any atom is 0.335 e. The summed E-state index contributed by atoms with van der Waals surface area (Å²) in [6.45, 7) is 4.45. The van der Waals surface area contributed by atoms with E-state index in [1.165, 1.54) is 12.5 Å². The zero-order chi connectivity index (χ0) is 15.5. The molecule has 1 aromatic carbocycles. The van der Waals surface area contributed by atoms with Gasteiger partial charge in [0.05, 0.1) is 12.0 Å². The van der Waals surface area contributed by atoms with Gasteiger partial charge in [-0.15, -0.1) is 0 Å². The van der Waals surface area contributed by atoms with Crippen LogP contribution in [0.5, 0.6) is 0 Å². The van der Waals surface area contributed by atoms with E-state index in [1.807, 2.05) is 0 Å². The number of hydrogen-bond donors (Lipinski definition) is 2. The molecule has 4 nitrogen and oxygen atoms in total. The number of nitrogens with one attached hydrogen (secondary N) is 1. The van der Waals surface area contributed by atoms with Gasteiger partial charge in [0, 0.05) is 6.04 Å². The molecule has 21 heavy (non-hydrogen) atoms. The lowest BCUT2D eigenvalue weighted by Crippen LogP contribution is -2.41. The van der Waals surface area contributed by atoms with Gasteiger partial charge < -0.3 is 10.4 Å². The molecule has 0 bridgehead atoms. The van der Waals surface area contributed by atoms with Crippen LogP contribution in [-0.4, -0.2) is 23.0 Å². The minimum atomic E-state index is -0.989. The van der Waals surface area contributed by atoms with Crippen molar-refractivity contribution in [3.05, 3.63) is 35.4 Å². The van der Waals surface area contributed by atoms with Gasteiger partial charge >= 0.3 is 5.97 Å². The van der Waals surface area contributed by atoms with Gasteiger partial charge in [0.25, 0.3) is 0 Å². The minimum Gasteiger partial charge on any atom is -0.478 e. The molecule has 0 saturated heterocycles. The number of carboxylic acid groups (broad SMARTS) is 1. The normalized spacial score (nSPS) is 20.8. The highest BCUT2D eigenvalue weighted by atomic mass is 16.4. The first-order valence-electron chi connectivity index (χ1n) is 7.48. The van der Waals surface area contributed by atoms with Gasteiger partial charge in [-0.1, -0.05) is 38.5 Å². The van der Waals surface area contributed by atoms with E-state index in [2.05, 4.69) is 19.2 Å². The SMILES string of the molecule is CC1(C)CCCC(NC(=O)Cc2ccccc2C(=O)O)C1. The van der Waals surface area contributed by atoms with Crippen LogP contribution in [0.2, 0.25) is 0 Å². The lowest BCUT2D eigenvalue weighted by molar-refractivity contribution is -0.121. The van der Waals surface area contributed by atoms with Crippen molar-refractivity contribution in [3.8, 4) is 0 Å². The maximum absolute atomic E-state index is 12.2. The van der Waals surface area contributed by atoms with Crippen molar-refractivity contribution in [2.45, 2.75) is 52.0 Å². The summed E-state index contributed by atoms with van der Waals surface area (Å²) in [6, 6.07) is 6.88. The molecule has 114 valence electrons. The summed E-state index contributed by atoms with van der Waals surface area (Å²) >= 11 is 0. The fourth-order valence-electron chi connectivity index (χ4n) is 3.16. The third-order valence-electron chi connectivity index (χ3n) is 4.17. The van der Waals surface area contributed by atoms with E-state index in [0.29, 0.717) is 5.56 Å². The Hall–Kier alpha value is -1.84. The van der Waals surface area contributed by atoms with Crippen LogP contribution in [-0.2, 0) is 11.2 Å². The molecule has 1 fully saturated rings. The number of hydrogen-bond acceptors (Lipinski definition) is 2. The molecule has 1 aliphatic carbocycles. The summed E-state index contributed by atoms with van der Waals surface area (Å²) in [5.41, 5.74) is 1.05. The van der Waals surface area contributed by atoms with Gasteiger partial charge in [0.1, 0.15) is 0 Å². The molecule has 1 unspecified atom stereocenters. The highest BCUT2D eigenvalue weighted by Crippen LogP contribution is 2.35. The number of aromatic carboxylic acids is 1. The number of carbonyl (C=O) groups excluding carboxylic acids is 1. The molecule has 2 N–H and O–H groups in total. The second-order valence-electron chi connectivity index (χ2n) is 6.66. The molecular weight excluding hydrogens is 266 g/mol. The third kappa shape index (κ3) is 4.31. The summed E-state index contributed by atoms with van der Waals surface area (Å²) in [4.78, 5) is 23.3. The number of carbonyl (C=O) groups is 2. The van der Waals surface area contributed by atoms with Crippen LogP contribution in [0, 0.1) is 5.41 Å². The smallest absolute Gasteiger partial charge is 0.335 e. The van der Waals surface area contributed by atoms with Crippen molar-refractivity contribution in [1.29, 1.82) is 0 Å². The summed E-state index contributed by atoms with van der Waals surface area (Å²) in [7, 11) is 0. The van der Waals surface area contributed by atoms with Crippen LogP contribution in [0.4, 0.5) is 0 Å². The van der Waals surface area contributed by atoms with E-state index in [4.69, 9.17) is 5.11 Å². The zero-order valence-electron chi connectivity index (χ0n) is 12.7. The van der Waals surface area contributed by atoms with Gasteiger partial charge in [-0.3, -0.25) is 4.79 Å². The molecular formula is C17H23NO3. The second kappa shape index (κ2) is 6.29. The van der Waals surface area contributed by atoms with E-state index in [1.54, 1.807) is 18.2 Å². The Morgan fingerprint density at radius 3 is 2.71 bits per heavy atom. The number of amides is 1. The van der Waals surface area contributed by atoms with Crippen LogP contribution in [0.1, 0.15) is 55.5 Å². The lowest BCUT2D eigenvalue weighted by Gasteiger charge is -2.35. The van der Waals surface area contributed by atoms with E-state index in [9.17, 15) is 9.59 Å². The number of benzene rings is 1. The molecule has 1 aliphatic rings. The fourth-order valence-corrected chi connectivity index (χ4v) is 3.16. The molecule has 2 rings (SSSR count). The largest absolute Gasteiger partial charge is 0.478 e. The van der Waals surface area contributed by atoms with Crippen LogP contribution >= 0.6 is 0 Å². The van der Waals surface area contributed by atoms with Gasteiger partial charge in [-0.05, 0) is 36.3 Å². The van der Waals surface area contributed by atoms with Crippen molar-refractivity contribution >= 4 is 11.9 Å². The van der Waals surface area contributed by atoms with Crippen LogP contribution in [0.15, 0.2) is 24.3 Å².